The summed E-state index contributed by atoms with van der Waals surface area (Å²) >= 11 is 0. The molecule has 1 heterocycles. The standard InChI is InChI=1S/C7H8O3/c1-3-7(4-2)5-9-10-6(7)8/h3-4H,1-2,5H2. The topological polar surface area (TPSA) is 35.5 Å². The van der Waals surface area contributed by atoms with Gasteiger partial charge in [0.15, 0.2) is 0 Å². The van der Waals surface area contributed by atoms with Crippen molar-refractivity contribution >= 4 is 5.97 Å². The zero-order valence-corrected chi connectivity index (χ0v) is 5.50. The summed E-state index contributed by atoms with van der Waals surface area (Å²) in [7, 11) is 0. The molecule has 1 aliphatic rings. The number of carbonyl (C=O) groups is 1. The predicted octanol–water partition coefficient (Wildman–Crippen LogP) is 0.833. The Morgan fingerprint density at radius 3 is 2.30 bits per heavy atom. The van der Waals surface area contributed by atoms with E-state index in [1.54, 1.807) is 0 Å². The lowest BCUT2D eigenvalue weighted by molar-refractivity contribution is -0.240. The quantitative estimate of drug-likeness (QED) is 0.421. The number of hydrogen-bond donors (Lipinski definition) is 0. The molecule has 1 saturated heterocycles. The minimum atomic E-state index is -0.819. The molecule has 0 amide bonds. The van der Waals surface area contributed by atoms with Gasteiger partial charge in [0.05, 0.1) is 0 Å². The van der Waals surface area contributed by atoms with E-state index in [1.165, 1.54) is 12.2 Å². The van der Waals surface area contributed by atoms with Crippen LogP contribution in [0.15, 0.2) is 25.3 Å². The summed E-state index contributed by atoms with van der Waals surface area (Å²) in [4.78, 5) is 19.6. The first kappa shape index (κ1) is 7.02. The Bertz CT molecular complexity index is 175. The number of hydrogen-bond acceptors (Lipinski definition) is 3. The Balaban J connectivity index is 2.91. The lowest BCUT2D eigenvalue weighted by Gasteiger charge is -2.09. The van der Waals surface area contributed by atoms with Crippen LogP contribution in [0.3, 0.4) is 0 Å². The Morgan fingerprint density at radius 1 is 1.50 bits per heavy atom. The monoisotopic (exact) mass is 140 g/mol. The van der Waals surface area contributed by atoms with Gasteiger partial charge in [-0.1, -0.05) is 12.2 Å². The van der Waals surface area contributed by atoms with Crippen LogP contribution in [-0.2, 0) is 14.6 Å². The van der Waals surface area contributed by atoms with E-state index in [-0.39, 0.29) is 6.61 Å². The van der Waals surface area contributed by atoms with Gasteiger partial charge in [0.1, 0.15) is 12.0 Å². The molecule has 0 saturated carbocycles. The van der Waals surface area contributed by atoms with Crippen molar-refractivity contribution in [2.45, 2.75) is 0 Å². The van der Waals surface area contributed by atoms with E-state index in [4.69, 9.17) is 0 Å². The maximum Gasteiger partial charge on any atom is 0.358 e. The van der Waals surface area contributed by atoms with Crippen molar-refractivity contribution in [1.82, 2.24) is 0 Å². The minimum absolute atomic E-state index is 0.179. The molecule has 0 unspecified atom stereocenters. The van der Waals surface area contributed by atoms with Crippen molar-refractivity contribution in [1.29, 1.82) is 0 Å². The summed E-state index contributed by atoms with van der Waals surface area (Å²) in [6, 6.07) is 0. The molecule has 0 spiro atoms. The third kappa shape index (κ3) is 0.752. The summed E-state index contributed by atoms with van der Waals surface area (Å²) in [6.45, 7) is 7.15. The SMILES string of the molecule is C=CC1(C=C)COOC1=O. The van der Waals surface area contributed by atoms with Gasteiger partial charge in [-0.15, -0.1) is 13.2 Å². The van der Waals surface area contributed by atoms with E-state index in [2.05, 4.69) is 22.9 Å². The molecule has 0 bridgehead atoms. The van der Waals surface area contributed by atoms with Crippen LogP contribution in [0.2, 0.25) is 0 Å². The lowest BCUT2D eigenvalue weighted by Crippen LogP contribution is -2.23. The first-order chi connectivity index (χ1) is 4.75. The molecular weight excluding hydrogens is 132 g/mol. The Hall–Kier alpha value is -1.09. The highest BCUT2D eigenvalue weighted by Gasteiger charge is 2.41. The molecule has 3 heteroatoms. The van der Waals surface area contributed by atoms with Crippen LogP contribution in [-0.4, -0.2) is 12.6 Å². The van der Waals surface area contributed by atoms with Crippen molar-refractivity contribution in [3.05, 3.63) is 25.3 Å². The van der Waals surface area contributed by atoms with E-state index in [1.807, 2.05) is 0 Å². The fourth-order valence-corrected chi connectivity index (χ4v) is 0.685. The molecule has 3 nitrogen and oxygen atoms in total. The van der Waals surface area contributed by atoms with Crippen LogP contribution < -0.4 is 0 Å². The van der Waals surface area contributed by atoms with Gasteiger partial charge in [-0.05, 0) is 0 Å². The molecule has 0 aromatic rings. The molecular formula is C7H8O3. The highest BCUT2D eigenvalue weighted by molar-refractivity contribution is 5.82. The summed E-state index contributed by atoms with van der Waals surface area (Å²) in [5, 5.41) is 0. The van der Waals surface area contributed by atoms with Gasteiger partial charge in [0, 0.05) is 0 Å². The Kier molecular flexibility index (Phi) is 1.59. The third-order valence-electron chi connectivity index (χ3n) is 1.54. The molecule has 0 atom stereocenters. The highest BCUT2D eigenvalue weighted by Crippen LogP contribution is 2.27. The highest BCUT2D eigenvalue weighted by atomic mass is 17.2. The second kappa shape index (κ2) is 2.27. The van der Waals surface area contributed by atoms with E-state index < -0.39 is 11.4 Å². The Labute approximate surface area is 58.9 Å². The van der Waals surface area contributed by atoms with Crippen molar-refractivity contribution in [2.24, 2.45) is 5.41 Å². The van der Waals surface area contributed by atoms with Crippen LogP contribution in [0.25, 0.3) is 0 Å². The largest absolute Gasteiger partial charge is 0.358 e. The molecule has 0 N–H and O–H groups in total. The summed E-state index contributed by atoms with van der Waals surface area (Å²) in [5.74, 6) is -0.447. The molecule has 54 valence electrons. The molecule has 1 aliphatic heterocycles. The van der Waals surface area contributed by atoms with Gasteiger partial charge in [0.25, 0.3) is 0 Å². The van der Waals surface area contributed by atoms with Crippen LogP contribution >= 0.6 is 0 Å². The van der Waals surface area contributed by atoms with Gasteiger partial charge in [-0.2, -0.15) is 4.89 Å². The van der Waals surface area contributed by atoms with Crippen LogP contribution in [0.1, 0.15) is 0 Å². The molecule has 1 fully saturated rings. The minimum Gasteiger partial charge on any atom is -0.297 e. The van der Waals surface area contributed by atoms with Gasteiger partial charge in [-0.25, -0.2) is 4.79 Å². The third-order valence-corrected chi connectivity index (χ3v) is 1.54. The normalized spacial score (nSPS) is 21.8. The van der Waals surface area contributed by atoms with E-state index in [9.17, 15) is 4.79 Å². The summed E-state index contributed by atoms with van der Waals surface area (Å²) in [6.07, 6.45) is 2.94. The van der Waals surface area contributed by atoms with Crippen molar-refractivity contribution in [3.63, 3.8) is 0 Å². The van der Waals surface area contributed by atoms with Crippen LogP contribution in [0, 0.1) is 5.41 Å². The van der Waals surface area contributed by atoms with Crippen LogP contribution in [0.4, 0.5) is 0 Å². The fourth-order valence-electron chi connectivity index (χ4n) is 0.685. The first-order valence-corrected chi connectivity index (χ1v) is 2.86. The lowest BCUT2D eigenvalue weighted by atomic mass is 9.90. The Morgan fingerprint density at radius 2 is 2.10 bits per heavy atom. The molecule has 0 radical (unpaired) electrons. The summed E-state index contributed by atoms with van der Waals surface area (Å²) in [5.41, 5.74) is -0.819. The first-order valence-electron chi connectivity index (χ1n) is 2.86. The zero-order chi connectivity index (χ0) is 7.61. The van der Waals surface area contributed by atoms with Crippen molar-refractivity contribution in [2.75, 3.05) is 6.61 Å². The van der Waals surface area contributed by atoms with Gasteiger partial charge in [0.2, 0.25) is 0 Å². The predicted molar refractivity (Wildman–Crippen MR) is 34.9 cm³/mol. The second-order valence-electron chi connectivity index (χ2n) is 2.08. The van der Waals surface area contributed by atoms with E-state index in [0.29, 0.717) is 0 Å². The van der Waals surface area contributed by atoms with Crippen molar-refractivity contribution in [3.8, 4) is 0 Å². The zero-order valence-electron chi connectivity index (χ0n) is 5.50. The average Bonchev–Trinajstić information content (AvgIpc) is 2.32. The maximum absolute atomic E-state index is 10.9. The molecule has 0 aliphatic carbocycles. The smallest absolute Gasteiger partial charge is 0.297 e. The molecule has 10 heavy (non-hydrogen) atoms. The maximum atomic E-state index is 10.9. The average molecular weight is 140 g/mol. The van der Waals surface area contributed by atoms with Gasteiger partial charge < -0.3 is 0 Å². The molecule has 0 aromatic heterocycles. The molecule has 1 rings (SSSR count). The molecule has 0 aromatic carbocycles. The summed E-state index contributed by atoms with van der Waals surface area (Å²) < 4.78 is 0. The van der Waals surface area contributed by atoms with Gasteiger partial charge in [-0.3, -0.25) is 4.89 Å². The van der Waals surface area contributed by atoms with Crippen molar-refractivity contribution < 1.29 is 14.6 Å². The van der Waals surface area contributed by atoms with Gasteiger partial charge >= 0.3 is 5.97 Å². The van der Waals surface area contributed by atoms with Crippen LogP contribution in [0.5, 0.6) is 0 Å². The van der Waals surface area contributed by atoms with E-state index in [0.717, 1.165) is 0 Å². The fraction of sp³-hybridized carbons (Fsp3) is 0.286. The number of rotatable bonds is 2. The number of carbonyl (C=O) groups excluding carboxylic acids is 1. The van der Waals surface area contributed by atoms with E-state index >= 15 is 0 Å². The second-order valence-corrected chi connectivity index (χ2v) is 2.08.